The van der Waals surface area contributed by atoms with Gasteiger partial charge in [0.2, 0.25) is 0 Å². The lowest BCUT2D eigenvalue weighted by Gasteiger charge is -2.23. The highest BCUT2D eigenvalue weighted by atomic mass is 19.4. The Bertz CT molecular complexity index is 1080. The van der Waals surface area contributed by atoms with Crippen LogP contribution >= 0.6 is 0 Å². The number of hydrogen-bond donors (Lipinski definition) is 0. The summed E-state index contributed by atoms with van der Waals surface area (Å²) in [5.74, 6) is -0.570. The molecule has 0 aliphatic rings. The van der Waals surface area contributed by atoms with Gasteiger partial charge in [0.05, 0.1) is 0 Å². The van der Waals surface area contributed by atoms with E-state index in [1.807, 2.05) is 30.3 Å². The quantitative estimate of drug-likeness (QED) is 0.156. The van der Waals surface area contributed by atoms with Crippen LogP contribution < -0.4 is 4.74 Å². The summed E-state index contributed by atoms with van der Waals surface area (Å²) in [4.78, 5) is 0. The molecule has 3 aromatic rings. The highest BCUT2D eigenvalue weighted by molar-refractivity contribution is 5.72. The largest absolute Gasteiger partial charge is 0.439 e. The number of unbranched alkanes of at least 4 members (excludes halogenated alkanes) is 2. The maximum absolute atomic E-state index is 13.4. The van der Waals surface area contributed by atoms with Crippen molar-refractivity contribution < 1.29 is 31.1 Å². The molecular weight excluding hydrogens is 466 g/mol. The van der Waals surface area contributed by atoms with E-state index in [2.05, 4.69) is 35.9 Å². The Morgan fingerprint density at radius 3 is 1.69 bits per heavy atom. The van der Waals surface area contributed by atoms with Crippen molar-refractivity contribution in [3.63, 3.8) is 0 Å². The van der Waals surface area contributed by atoms with Crippen LogP contribution in [0.3, 0.4) is 0 Å². The van der Waals surface area contributed by atoms with Gasteiger partial charge in [-0.3, -0.25) is 0 Å². The topological polar surface area (TPSA) is 9.23 Å². The Kier molecular flexibility index (Phi) is 8.65. The molecular formula is C28H26F6O. The molecule has 0 saturated carbocycles. The first-order valence-electron chi connectivity index (χ1n) is 11.3. The van der Waals surface area contributed by atoms with E-state index < -0.39 is 24.2 Å². The summed E-state index contributed by atoms with van der Waals surface area (Å²) < 4.78 is 80.3. The summed E-state index contributed by atoms with van der Waals surface area (Å²) in [6, 6.07) is 21.3. The minimum Gasteiger partial charge on any atom is -0.430 e. The predicted octanol–water partition coefficient (Wildman–Crippen LogP) is 9.13. The van der Waals surface area contributed by atoms with E-state index in [0.29, 0.717) is 5.56 Å². The molecule has 0 amide bonds. The van der Waals surface area contributed by atoms with Crippen LogP contribution in [0.2, 0.25) is 0 Å². The molecule has 0 N–H and O–H groups in total. The van der Waals surface area contributed by atoms with Crippen LogP contribution in [-0.4, -0.2) is 18.5 Å². The molecule has 1 nitrogen and oxygen atoms in total. The lowest BCUT2D eigenvalue weighted by Crippen LogP contribution is -2.45. The minimum absolute atomic E-state index is 0.570. The van der Waals surface area contributed by atoms with Gasteiger partial charge >= 0.3 is 12.3 Å². The van der Waals surface area contributed by atoms with Gasteiger partial charge in [0.25, 0.3) is 6.17 Å². The van der Waals surface area contributed by atoms with Gasteiger partial charge in [-0.2, -0.15) is 22.0 Å². The van der Waals surface area contributed by atoms with Crippen LogP contribution in [0.1, 0.15) is 42.9 Å². The molecule has 0 aliphatic carbocycles. The highest BCUT2D eigenvalue weighted by Gasteiger charge is 2.59. The second kappa shape index (κ2) is 11.5. The fourth-order valence-corrected chi connectivity index (χ4v) is 3.47. The number of rotatable bonds is 10. The predicted molar refractivity (Wildman–Crippen MR) is 127 cm³/mol. The lowest BCUT2D eigenvalue weighted by molar-refractivity contribution is -0.304. The summed E-state index contributed by atoms with van der Waals surface area (Å²) in [6.45, 7) is 2.19. The van der Waals surface area contributed by atoms with Crippen LogP contribution in [0, 0.1) is 0 Å². The van der Waals surface area contributed by atoms with Gasteiger partial charge in [0, 0.05) is 0 Å². The van der Waals surface area contributed by atoms with E-state index >= 15 is 0 Å². The van der Waals surface area contributed by atoms with Crippen molar-refractivity contribution in [3.05, 3.63) is 89.5 Å². The summed E-state index contributed by atoms with van der Waals surface area (Å²) in [6.07, 6.45) is -6.93. The highest BCUT2D eigenvalue weighted by Crippen LogP contribution is 2.36. The van der Waals surface area contributed by atoms with E-state index in [1.54, 1.807) is 6.08 Å². The van der Waals surface area contributed by atoms with E-state index in [9.17, 15) is 26.3 Å². The SMILES string of the molecule is CCCCCc1ccc(-c2ccc(/C=C/c3ccc(OC(F)(F)C(F)C(F)(F)F)cc3)cc2)cc1. The van der Waals surface area contributed by atoms with Crippen LogP contribution in [0.4, 0.5) is 26.3 Å². The third-order valence-corrected chi connectivity index (χ3v) is 5.45. The van der Waals surface area contributed by atoms with Crippen molar-refractivity contribution >= 4 is 12.2 Å². The maximum Gasteiger partial charge on any atom is 0.439 e. The fourth-order valence-electron chi connectivity index (χ4n) is 3.47. The second-order valence-corrected chi connectivity index (χ2v) is 8.25. The fraction of sp³-hybridized carbons (Fsp3) is 0.286. The molecule has 3 aromatic carbocycles. The normalized spacial score (nSPS) is 13.2. The Balaban J connectivity index is 1.59. The first-order valence-corrected chi connectivity index (χ1v) is 11.3. The molecule has 35 heavy (non-hydrogen) atoms. The summed E-state index contributed by atoms with van der Waals surface area (Å²) >= 11 is 0. The van der Waals surface area contributed by atoms with Crippen molar-refractivity contribution in [2.45, 2.75) is 51.1 Å². The van der Waals surface area contributed by atoms with Crippen molar-refractivity contribution in [3.8, 4) is 16.9 Å². The van der Waals surface area contributed by atoms with E-state index in [4.69, 9.17) is 0 Å². The Morgan fingerprint density at radius 2 is 1.20 bits per heavy atom. The van der Waals surface area contributed by atoms with Gasteiger partial charge in [-0.25, -0.2) is 4.39 Å². The summed E-state index contributed by atoms with van der Waals surface area (Å²) in [5, 5.41) is 0. The number of aryl methyl sites for hydroxylation is 1. The zero-order valence-corrected chi connectivity index (χ0v) is 19.2. The summed E-state index contributed by atoms with van der Waals surface area (Å²) in [5.41, 5.74) is 5.04. The van der Waals surface area contributed by atoms with Crippen molar-refractivity contribution in [1.82, 2.24) is 0 Å². The van der Waals surface area contributed by atoms with E-state index in [-0.39, 0.29) is 0 Å². The number of benzene rings is 3. The van der Waals surface area contributed by atoms with Crippen LogP contribution in [0.5, 0.6) is 5.75 Å². The Labute approximate surface area is 201 Å². The zero-order chi connectivity index (χ0) is 25.5. The van der Waals surface area contributed by atoms with E-state index in [1.165, 1.54) is 37.0 Å². The average molecular weight is 493 g/mol. The van der Waals surface area contributed by atoms with E-state index in [0.717, 1.165) is 35.2 Å². The van der Waals surface area contributed by atoms with Crippen LogP contribution in [0.25, 0.3) is 23.3 Å². The molecule has 1 atom stereocenters. The molecule has 1 unspecified atom stereocenters. The number of halogens is 6. The Morgan fingerprint density at radius 1 is 0.714 bits per heavy atom. The van der Waals surface area contributed by atoms with Gasteiger partial charge in [-0.05, 0) is 52.8 Å². The number of alkyl halides is 6. The summed E-state index contributed by atoms with van der Waals surface area (Å²) in [7, 11) is 0. The molecule has 0 spiro atoms. The third-order valence-electron chi connectivity index (χ3n) is 5.45. The first-order chi connectivity index (χ1) is 16.6. The smallest absolute Gasteiger partial charge is 0.430 e. The van der Waals surface area contributed by atoms with Crippen molar-refractivity contribution in [2.75, 3.05) is 0 Å². The molecule has 0 aliphatic heterocycles. The lowest BCUT2D eigenvalue weighted by atomic mass is 10.0. The van der Waals surface area contributed by atoms with Gasteiger partial charge in [0.15, 0.2) is 0 Å². The number of ether oxygens (including phenoxy) is 1. The second-order valence-electron chi connectivity index (χ2n) is 8.25. The average Bonchev–Trinajstić information content (AvgIpc) is 2.83. The van der Waals surface area contributed by atoms with Crippen LogP contribution in [-0.2, 0) is 6.42 Å². The molecule has 0 saturated heterocycles. The molecule has 0 bridgehead atoms. The molecule has 3 rings (SSSR count). The molecule has 0 fully saturated rings. The van der Waals surface area contributed by atoms with Crippen LogP contribution in [0.15, 0.2) is 72.8 Å². The molecule has 7 heteroatoms. The number of hydrogen-bond acceptors (Lipinski definition) is 1. The zero-order valence-electron chi connectivity index (χ0n) is 19.2. The van der Waals surface area contributed by atoms with Gasteiger partial charge < -0.3 is 4.74 Å². The molecule has 0 aromatic heterocycles. The third kappa shape index (κ3) is 7.64. The Hall–Kier alpha value is -3.22. The van der Waals surface area contributed by atoms with Gasteiger partial charge in [-0.15, -0.1) is 0 Å². The maximum atomic E-state index is 13.4. The molecule has 0 heterocycles. The first kappa shape index (κ1) is 26.4. The monoisotopic (exact) mass is 492 g/mol. The van der Waals surface area contributed by atoms with Gasteiger partial charge in [-0.1, -0.05) is 92.6 Å². The minimum atomic E-state index is -5.72. The van der Waals surface area contributed by atoms with Crippen molar-refractivity contribution in [1.29, 1.82) is 0 Å². The molecule has 0 radical (unpaired) electrons. The van der Waals surface area contributed by atoms with Crippen molar-refractivity contribution in [2.24, 2.45) is 0 Å². The standard InChI is InChI=1S/C28H26F6O/c1-2-3-4-5-20-8-14-23(15-9-20)24-16-10-21(11-17-24)6-7-22-12-18-25(19-13-22)35-28(33,34)26(29)27(30,31)32/h6-19,26H,2-5H2,1H3/b7-6+. The molecule has 186 valence electrons. The van der Waals surface area contributed by atoms with Gasteiger partial charge in [0.1, 0.15) is 5.75 Å².